The minimum absolute atomic E-state index is 1.37. The van der Waals surface area contributed by atoms with Crippen LogP contribution < -0.4 is 0 Å². The third kappa shape index (κ3) is 1.21. The van der Waals surface area contributed by atoms with Crippen molar-refractivity contribution >= 4 is 20.4 Å². The average molecular weight is 142 g/mol. The predicted octanol–water partition coefficient (Wildman–Crippen LogP) is -1.79. The van der Waals surface area contributed by atoms with Crippen LogP contribution in [0.4, 0.5) is 0 Å². The third-order valence-electron chi connectivity index (χ3n) is 0.372. The van der Waals surface area contributed by atoms with Gasteiger partial charge in [0.1, 0.15) is 0 Å². The van der Waals surface area contributed by atoms with Gasteiger partial charge in [-0.25, -0.2) is 4.58 Å². The van der Waals surface area contributed by atoms with Crippen molar-refractivity contribution in [2.75, 3.05) is 0 Å². The Morgan fingerprint density at radius 3 is 2.29 bits per heavy atom. The van der Waals surface area contributed by atoms with Crippen LogP contribution >= 0.6 is 0 Å². The van der Waals surface area contributed by atoms with Gasteiger partial charge in [0.2, 0.25) is 0 Å². The van der Waals surface area contributed by atoms with Crippen molar-refractivity contribution in [3.8, 4) is 0 Å². The molecule has 1 aliphatic rings. The van der Waals surface area contributed by atoms with Crippen molar-refractivity contribution in [1.29, 1.82) is 0 Å². The maximum atomic E-state index is 9.90. The minimum atomic E-state index is -3.71. The Bertz CT molecular complexity index is 131. The fourth-order valence-electron chi connectivity index (χ4n) is 0.177. The maximum Gasteiger partial charge on any atom is 0.417 e. The van der Waals surface area contributed by atoms with Crippen molar-refractivity contribution in [2.45, 2.75) is 0 Å². The highest BCUT2D eigenvalue weighted by molar-refractivity contribution is 7.82. The molecule has 0 saturated carbocycles. The summed E-state index contributed by atoms with van der Waals surface area (Å²) in [5.41, 5.74) is 0. The topological polar surface area (TPSA) is 61.8 Å². The van der Waals surface area contributed by atoms with Crippen molar-refractivity contribution in [3.05, 3.63) is 0 Å². The standard InChI is InChI=1S/H2O5SSi/c1-6(2)3-4-7-5-6/h7H2. The third-order valence-corrected chi connectivity index (χ3v) is 2.56. The van der Waals surface area contributed by atoms with Gasteiger partial charge in [0.25, 0.3) is 0 Å². The molecule has 0 spiro atoms. The van der Waals surface area contributed by atoms with E-state index in [0.29, 0.717) is 0 Å². The lowest BCUT2D eigenvalue weighted by molar-refractivity contribution is -0.0801. The Hall–Kier alpha value is 0.0469. The fourth-order valence-corrected chi connectivity index (χ4v) is 1.59. The molecule has 0 unspecified atom stereocenters. The molecule has 0 bridgehead atoms. The second-order valence-corrected chi connectivity index (χ2v) is 3.20. The number of hydrogen-bond donors (Lipinski definition) is 0. The first-order valence-electron chi connectivity index (χ1n) is 1.41. The summed E-state index contributed by atoms with van der Waals surface area (Å²) >= 11 is 0. The maximum absolute atomic E-state index is 9.90. The Morgan fingerprint density at radius 1 is 1.43 bits per heavy atom. The van der Waals surface area contributed by atoms with Crippen LogP contribution in [0.2, 0.25) is 0 Å². The summed E-state index contributed by atoms with van der Waals surface area (Å²) in [6, 6.07) is 0. The van der Waals surface area contributed by atoms with E-state index in [4.69, 9.17) is 0 Å². The summed E-state index contributed by atoms with van der Waals surface area (Å²) in [5.74, 6) is 0. The molecule has 1 fully saturated rings. The molecular weight excluding hydrogens is 140 g/mol. The van der Waals surface area contributed by atoms with Gasteiger partial charge in [0.05, 0.1) is 0 Å². The highest BCUT2D eigenvalue weighted by Crippen LogP contribution is 2.01. The monoisotopic (exact) mass is 142 g/mol. The number of hydrogen-bond acceptors (Lipinski definition) is 5. The van der Waals surface area contributed by atoms with Crippen molar-refractivity contribution in [2.24, 2.45) is 0 Å². The molecule has 0 aromatic rings. The zero-order valence-electron chi connectivity index (χ0n) is 3.16. The Labute approximate surface area is 42.5 Å². The van der Waals surface area contributed by atoms with E-state index in [2.05, 4.69) is 12.8 Å². The molecule has 0 aromatic heterocycles. The lowest BCUT2D eigenvalue weighted by atomic mass is 14.9. The molecule has 42 valence electrons. The smallest absolute Gasteiger partial charge is 0.265 e. The van der Waals surface area contributed by atoms with Crippen LogP contribution in [0.1, 0.15) is 0 Å². The van der Waals surface area contributed by atoms with Gasteiger partial charge < -0.3 is 0 Å². The first-order valence-corrected chi connectivity index (χ1v) is 3.90. The van der Waals surface area contributed by atoms with Gasteiger partial charge in [0, 0.05) is 0 Å². The molecule has 0 N–H and O–H groups in total. The molecule has 7 heavy (non-hydrogen) atoms. The quantitative estimate of drug-likeness (QED) is 0.295. The van der Waals surface area contributed by atoms with E-state index < -0.39 is 20.4 Å². The summed E-state index contributed by atoms with van der Waals surface area (Å²) in [5, 5.41) is 0. The van der Waals surface area contributed by atoms with Crippen LogP contribution in [0.25, 0.3) is 0 Å². The zero-order chi connectivity index (χ0) is 5.33. The molecule has 1 rings (SSSR count). The first kappa shape index (κ1) is 5.19. The summed E-state index contributed by atoms with van der Waals surface area (Å²) in [4.78, 5) is 0. The highest BCUT2D eigenvalue weighted by Gasteiger charge is 2.20. The molecule has 1 aliphatic heterocycles. The summed E-state index contributed by atoms with van der Waals surface area (Å²) in [7, 11) is -5.08. The lowest BCUT2D eigenvalue weighted by Gasteiger charge is -1.80. The van der Waals surface area contributed by atoms with E-state index in [0.717, 1.165) is 0 Å². The van der Waals surface area contributed by atoms with Gasteiger partial charge in [-0.15, -0.1) is 0 Å². The lowest BCUT2D eigenvalue weighted by Crippen LogP contribution is -1.95. The van der Waals surface area contributed by atoms with E-state index in [9.17, 15) is 8.42 Å². The first-order chi connectivity index (χ1) is 3.21. The van der Waals surface area contributed by atoms with Gasteiger partial charge in [-0.05, 0) is 0 Å². The van der Waals surface area contributed by atoms with Crippen molar-refractivity contribution in [1.82, 2.24) is 0 Å². The van der Waals surface area contributed by atoms with Gasteiger partial charge in [0.15, 0.2) is 0 Å². The van der Waals surface area contributed by atoms with Crippen molar-refractivity contribution < 1.29 is 21.2 Å². The van der Waals surface area contributed by atoms with Crippen LogP contribution in [0.5, 0.6) is 0 Å². The van der Waals surface area contributed by atoms with Gasteiger partial charge >= 0.3 is 20.4 Å². The summed E-state index contributed by atoms with van der Waals surface area (Å²) in [6.07, 6.45) is 0. The molecule has 1 heterocycles. The largest absolute Gasteiger partial charge is 0.417 e. The summed E-state index contributed by atoms with van der Waals surface area (Å²) in [6.45, 7) is 0. The average Bonchev–Trinajstić information content (AvgIpc) is 1.84. The molecule has 0 radical (unpaired) electrons. The van der Waals surface area contributed by atoms with E-state index in [1.807, 2.05) is 0 Å². The molecule has 0 amide bonds. The van der Waals surface area contributed by atoms with Crippen molar-refractivity contribution in [3.63, 3.8) is 0 Å². The fraction of sp³-hybridized carbons (Fsp3) is 0. The summed E-state index contributed by atoms with van der Waals surface area (Å²) < 4.78 is 31.4. The molecule has 0 aromatic carbocycles. The van der Waals surface area contributed by atoms with E-state index in [-0.39, 0.29) is 0 Å². The molecule has 7 heteroatoms. The molecular formula is H2O5SSi. The van der Waals surface area contributed by atoms with Gasteiger partial charge in [-0.2, -0.15) is 8.42 Å². The molecule has 0 atom stereocenters. The second-order valence-electron chi connectivity index (χ2n) is 0.830. The van der Waals surface area contributed by atoms with Crippen LogP contribution in [0.3, 0.4) is 0 Å². The van der Waals surface area contributed by atoms with Gasteiger partial charge in [-0.3, -0.25) is 3.87 Å². The zero-order valence-corrected chi connectivity index (χ0v) is 5.39. The minimum Gasteiger partial charge on any atom is -0.265 e. The second kappa shape index (κ2) is 1.53. The Balaban J connectivity index is 2.76. The Kier molecular flexibility index (Phi) is 1.13. The molecule has 1 saturated heterocycles. The SMILES string of the molecule is O=S1(=O)OO[SiH2]O1. The van der Waals surface area contributed by atoms with Crippen LogP contribution in [0.15, 0.2) is 0 Å². The normalized spacial score (nSPS) is 31.4. The highest BCUT2D eigenvalue weighted by atomic mass is 32.3. The molecule has 0 aliphatic carbocycles. The van der Waals surface area contributed by atoms with E-state index >= 15 is 0 Å². The number of rotatable bonds is 0. The van der Waals surface area contributed by atoms with Crippen LogP contribution in [-0.4, -0.2) is 18.4 Å². The van der Waals surface area contributed by atoms with Crippen LogP contribution in [0, 0.1) is 0 Å². The van der Waals surface area contributed by atoms with Crippen LogP contribution in [-0.2, 0) is 23.2 Å². The van der Waals surface area contributed by atoms with E-state index in [1.165, 1.54) is 0 Å². The molecule has 5 nitrogen and oxygen atoms in total. The van der Waals surface area contributed by atoms with E-state index in [1.54, 1.807) is 0 Å². The van der Waals surface area contributed by atoms with Gasteiger partial charge in [-0.1, -0.05) is 4.33 Å². The predicted molar refractivity (Wildman–Crippen MR) is 20.7 cm³/mol. The Morgan fingerprint density at radius 2 is 2.14 bits per heavy atom.